The molecule has 14 rings (SSSR count). The Labute approximate surface area is 625 Å². The molecule has 4 aromatic carbocycles. The van der Waals surface area contributed by atoms with Crippen LogP contribution in [0.2, 0.25) is 0 Å². The maximum atomic E-state index is 12.4. The number of carbonyl (C=O) groups excluding carboxylic acids is 4. The zero-order chi connectivity index (χ0) is 68.6. The van der Waals surface area contributed by atoms with Crippen molar-refractivity contribution in [2.75, 3.05) is 0 Å². The predicted octanol–water partition coefficient (Wildman–Crippen LogP) is 2.32. The normalized spacial score (nSPS) is 10.8. The Hall–Kier alpha value is -10.9. The summed E-state index contributed by atoms with van der Waals surface area (Å²) < 4.78 is 133. The van der Waals surface area contributed by atoms with Crippen molar-refractivity contribution in [3.63, 3.8) is 0 Å². The summed E-state index contributed by atoms with van der Waals surface area (Å²) in [5.41, 5.74) is 5.50. The van der Waals surface area contributed by atoms with Gasteiger partial charge in [0.2, 0.25) is 0 Å². The topological polar surface area (TPSA) is 655 Å². The molecule has 0 aliphatic heterocycles. The van der Waals surface area contributed by atoms with Crippen LogP contribution in [0.25, 0.3) is 45.6 Å². The fourth-order valence-corrected chi connectivity index (χ4v) is 10.9. The summed E-state index contributed by atoms with van der Waals surface area (Å²) in [6.07, 6.45) is 14.1. The second kappa shape index (κ2) is 43.4. The van der Waals surface area contributed by atoms with Gasteiger partial charge in [-0.25, -0.2) is 33.7 Å². The minimum Gasteiger partial charge on any atom is -0.744 e. The first-order valence-corrected chi connectivity index (χ1v) is 33.4. The van der Waals surface area contributed by atoms with E-state index in [1.807, 2.05) is 146 Å². The number of rotatable bonds is 8. The van der Waals surface area contributed by atoms with Crippen LogP contribution in [0.4, 0.5) is 0 Å². The van der Waals surface area contributed by atoms with Crippen molar-refractivity contribution in [2.45, 2.75) is 19.6 Å². The quantitative estimate of drug-likeness (QED) is 0.120. The summed E-state index contributed by atoms with van der Waals surface area (Å²) in [6, 6.07) is 57.1. The fourth-order valence-electron chi connectivity index (χ4n) is 8.95. The summed E-state index contributed by atoms with van der Waals surface area (Å²) in [7, 11) is -19.3. The molecule has 2 aliphatic carbocycles. The summed E-state index contributed by atoms with van der Waals surface area (Å²) in [5.74, 6) is -3.00. The number of pyridine rings is 8. The molecular weight excluding hydrogens is 1570 g/mol. The van der Waals surface area contributed by atoms with E-state index in [9.17, 15) is 71.1 Å². The third-order valence-electron chi connectivity index (χ3n) is 13.4. The molecule has 0 spiro atoms. The Kier molecular flexibility index (Phi) is 39.8. The molecule has 0 atom stereocenters. The van der Waals surface area contributed by atoms with Crippen molar-refractivity contribution in [3.05, 3.63) is 312 Å². The first-order valence-electron chi connectivity index (χ1n) is 27.7. The molecule has 2 radical (unpaired) electrons. The number of benzene rings is 4. The molecule has 12 aromatic rings. The number of hydrogen-bond acceptors (Lipinski definition) is 24. The Bertz CT molecular complexity index is 4500. The van der Waals surface area contributed by atoms with Gasteiger partial charge in [-0.2, -0.15) is 0 Å². The minimum atomic E-state index is -4.81. The van der Waals surface area contributed by atoms with Gasteiger partial charge in [0.25, 0.3) is 0 Å². The Balaban J connectivity index is 0. The maximum absolute atomic E-state index is 12.4. The molecule has 0 amide bonds. The second-order valence-electron chi connectivity index (χ2n) is 19.7. The predicted molar refractivity (Wildman–Crippen MR) is 373 cm³/mol. The average molecular weight is 1630 g/mol. The summed E-state index contributed by atoms with van der Waals surface area (Å²) in [5, 5.41) is 0. The maximum Gasteiger partial charge on any atom is 2.00 e. The number of hydrogen-bond donors (Lipinski definition) is 0. The Morgan fingerprint density at radius 3 is 0.443 bits per heavy atom. The van der Waals surface area contributed by atoms with Crippen LogP contribution in [0.1, 0.15) is 63.7 Å². The summed E-state index contributed by atoms with van der Waals surface area (Å²) in [4.78, 5) is 80.5. The zero-order valence-electron chi connectivity index (χ0n) is 53.9. The smallest absolute Gasteiger partial charge is 0.744 e. The largest absolute Gasteiger partial charge is 2.00 e. The first kappa shape index (κ1) is 97.2. The Morgan fingerprint density at radius 2 is 0.340 bits per heavy atom. The van der Waals surface area contributed by atoms with Gasteiger partial charge in [0.1, 0.15) is 40.5 Å². The standard InChI is InChI=1S/2C14H8O8S2.4C10H8N2.2Cu.8H2O/c2*15-13-9-3-1-7(23(17,18)19)5-11(9)14(16)10-4-2-8(6-12(10)13)24(20,21)22;4*1-3-7-11-9(5-1)10-6-2-4-8-12-10;;;;;;;;;;/h2*1-6H,(H,17,18,19)(H,20,21,22);4*1-8H;;;8*1H2/q;;;;;;2*+2;;;;;;;;/p-2. The molecule has 106 heavy (non-hydrogen) atoms. The van der Waals surface area contributed by atoms with Gasteiger partial charge in [0, 0.05) is 94.1 Å². The van der Waals surface area contributed by atoms with Crippen LogP contribution in [0, 0.1) is 0 Å². The molecule has 2 aliphatic rings. The monoisotopic (exact) mass is 1630 g/mol. The van der Waals surface area contributed by atoms with E-state index in [2.05, 4.69) is 39.9 Å². The third-order valence-corrected chi connectivity index (χ3v) is 16.8. The van der Waals surface area contributed by atoms with Crippen molar-refractivity contribution in [1.82, 2.24) is 39.9 Å². The van der Waals surface area contributed by atoms with Gasteiger partial charge in [-0.15, -0.1) is 0 Å². The molecule has 0 bridgehead atoms. The molecule has 562 valence electrons. The second-order valence-corrected chi connectivity index (χ2v) is 25.2. The van der Waals surface area contributed by atoms with Crippen LogP contribution in [0.15, 0.2) is 288 Å². The van der Waals surface area contributed by atoms with Crippen LogP contribution < -0.4 is 0 Å². The van der Waals surface area contributed by atoms with E-state index in [0.29, 0.717) is 0 Å². The van der Waals surface area contributed by atoms with Crippen molar-refractivity contribution in [2.24, 2.45) is 0 Å². The number of ketones is 4. The van der Waals surface area contributed by atoms with Crippen molar-refractivity contribution >= 4 is 63.6 Å². The first-order chi connectivity index (χ1) is 45.9. The van der Waals surface area contributed by atoms with Crippen molar-refractivity contribution in [3.8, 4) is 45.6 Å². The van der Waals surface area contributed by atoms with Crippen LogP contribution in [-0.4, -0.2) is 148 Å². The minimum absolute atomic E-state index is 0. The van der Waals surface area contributed by atoms with E-state index in [-0.39, 0.29) is 122 Å². The molecule has 0 unspecified atom stereocenters. The van der Waals surface area contributed by atoms with Gasteiger partial charge in [-0.1, -0.05) is 48.5 Å². The average Bonchev–Trinajstić information content (AvgIpc) is 0.754. The van der Waals surface area contributed by atoms with Gasteiger partial charge in [0.15, 0.2) is 23.1 Å². The summed E-state index contributed by atoms with van der Waals surface area (Å²) in [6.45, 7) is 0. The molecule has 8 aromatic heterocycles. The van der Waals surface area contributed by atoms with Crippen LogP contribution in [0.5, 0.6) is 0 Å². The van der Waals surface area contributed by atoms with E-state index < -0.39 is 83.2 Å². The molecule has 18 N–H and O–H groups in total. The molecule has 0 saturated heterocycles. The molecule has 8 heterocycles. The van der Waals surface area contributed by atoms with E-state index in [4.69, 9.17) is 0 Å². The van der Waals surface area contributed by atoms with Crippen molar-refractivity contribution < 1.29 is 149 Å². The van der Waals surface area contributed by atoms with Gasteiger partial charge >= 0.3 is 34.1 Å². The molecule has 0 fully saturated rings. The van der Waals surface area contributed by atoms with Crippen LogP contribution in [0.3, 0.4) is 0 Å². The molecule has 38 heteroatoms. The number of nitrogens with zero attached hydrogens (tertiary/aromatic N) is 8. The third kappa shape index (κ3) is 25.2. The van der Waals surface area contributed by atoms with Crippen LogP contribution in [-0.2, 0) is 85.6 Å². The SMILES string of the molecule is O.O.O.O.O.O.O=C1c2ccc(S(=O)(=O)[O-])cc2C(=O)c2ccc(S(=O)(=O)[O-])cc21.O=C1c2ccc(S(=O)(=O)[O-])cc2C(=O)c2ccc(S(=O)(=O)[O-])cc21.[Cu+2].[Cu+2].[OH3+].[OH3+].c1ccc(-c2ccccn2)nc1.c1ccc(-c2ccccn2)nc1.c1ccc(-c2ccccn2)nc1.c1ccc(-c2ccccn2)nc1. The van der Waals surface area contributed by atoms with Gasteiger partial charge in [-0.05, 0) is 170 Å². The van der Waals surface area contributed by atoms with Gasteiger partial charge in [0.05, 0.1) is 65.1 Å². The molecule has 0 saturated carbocycles. The number of fused-ring (bicyclic) bond motifs is 4. The zero-order valence-corrected chi connectivity index (χ0v) is 59.1. The molecular formula is C68H62Cu2N8O24S4+2. The molecule has 32 nitrogen and oxygen atoms in total. The van der Waals surface area contributed by atoms with Gasteiger partial charge in [-0.3, -0.25) is 59.0 Å². The number of carbonyl (C=O) groups is 4. The van der Waals surface area contributed by atoms with E-state index >= 15 is 0 Å². The number of aromatic nitrogens is 8. The summed E-state index contributed by atoms with van der Waals surface area (Å²) >= 11 is 0. The van der Waals surface area contributed by atoms with E-state index in [1.54, 1.807) is 49.6 Å². The van der Waals surface area contributed by atoms with E-state index in [0.717, 1.165) is 118 Å². The van der Waals surface area contributed by atoms with Crippen LogP contribution >= 0.6 is 0 Å². The fraction of sp³-hybridized carbons (Fsp3) is 0. The van der Waals surface area contributed by atoms with Crippen molar-refractivity contribution in [1.29, 1.82) is 0 Å². The Morgan fingerprint density at radius 1 is 0.208 bits per heavy atom. The van der Waals surface area contributed by atoms with Gasteiger partial charge < -0.3 is 62.0 Å². The van der Waals surface area contributed by atoms with E-state index in [1.165, 1.54) is 0 Å².